The molecule has 4 aliphatic rings. The zero-order chi connectivity index (χ0) is 19.3. The van der Waals surface area contributed by atoms with E-state index in [-0.39, 0.29) is 18.3 Å². The second-order valence-electron chi connectivity index (χ2n) is 10.2. The number of aryl methyl sites for hydroxylation is 1. The van der Waals surface area contributed by atoms with Crippen LogP contribution in [0.25, 0.3) is 0 Å². The molecule has 4 unspecified atom stereocenters. The number of aliphatic hydroxyl groups excluding tert-OH is 1. The van der Waals surface area contributed by atoms with Crippen LogP contribution in [0.3, 0.4) is 0 Å². The first-order valence-electron chi connectivity index (χ1n) is 11.6. The lowest BCUT2D eigenvalue weighted by Gasteiger charge is -2.52. The van der Waals surface area contributed by atoms with Gasteiger partial charge in [-0.05, 0) is 92.6 Å². The van der Waals surface area contributed by atoms with Crippen LogP contribution < -0.4 is 0 Å². The van der Waals surface area contributed by atoms with Gasteiger partial charge in [0.25, 0.3) is 0 Å². The Hall–Kier alpha value is -0.900. The van der Waals surface area contributed by atoms with E-state index >= 15 is 0 Å². The number of hydrogen-bond donors (Lipinski definition) is 1. The van der Waals surface area contributed by atoms with Gasteiger partial charge in [0, 0.05) is 19.1 Å². The Kier molecular flexibility index (Phi) is 5.05. The number of benzene rings is 1. The highest BCUT2D eigenvalue weighted by atomic mass is 16.7. The first-order valence-corrected chi connectivity index (χ1v) is 11.6. The van der Waals surface area contributed by atoms with Crippen molar-refractivity contribution in [3.05, 3.63) is 34.9 Å². The van der Waals surface area contributed by atoms with Gasteiger partial charge < -0.3 is 14.6 Å². The lowest BCUT2D eigenvalue weighted by Crippen LogP contribution is -2.46. The van der Waals surface area contributed by atoms with Gasteiger partial charge in [-0.15, -0.1) is 0 Å². The molecule has 1 aromatic carbocycles. The molecule has 0 radical (unpaired) electrons. The van der Waals surface area contributed by atoms with Gasteiger partial charge in [-0.25, -0.2) is 0 Å². The van der Waals surface area contributed by atoms with Crippen LogP contribution in [0.1, 0.15) is 86.8 Å². The average Bonchev–Trinajstić information content (AvgIpc) is 3.04. The van der Waals surface area contributed by atoms with Gasteiger partial charge in [0.05, 0.1) is 6.10 Å². The Balaban J connectivity index is 1.40. The van der Waals surface area contributed by atoms with E-state index in [1.54, 1.807) is 0 Å². The van der Waals surface area contributed by atoms with E-state index in [0.29, 0.717) is 29.8 Å². The molecule has 3 nitrogen and oxygen atoms in total. The molecule has 154 valence electrons. The van der Waals surface area contributed by atoms with Crippen LogP contribution >= 0.6 is 0 Å². The molecule has 1 heterocycles. The molecule has 0 aromatic heterocycles. The molecule has 5 rings (SSSR count). The van der Waals surface area contributed by atoms with E-state index in [9.17, 15) is 5.11 Å². The van der Waals surface area contributed by atoms with E-state index in [2.05, 4.69) is 32.0 Å². The van der Waals surface area contributed by atoms with Crippen LogP contribution in [0.15, 0.2) is 18.2 Å². The van der Waals surface area contributed by atoms with Crippen molar-refractivity contribution in [2.24, 2.45) is 17.3 Å². The van der Waals surface area contributed by atoms with Crippen molar-refractivity contribution >= 4 is 0 Å². The Morgan fingerprint density at radius 1 is 1.14 bits per heavy atom. The topological polar surface area (TPSA) is 38.7 Å². The molecule has 7 atom stereocenters. The molecule has 2 saturated carbocycles. The number of aliphatic hydroxyl groups is 1. The van der Waals surface area contributed by atoms with Crippen molar-refractivity contribution in [3.8, 4) is 0 Å². The predicted octanol–water partition coefficient (Wildman–Crippen LogP) is 5.30. The monoisotopic (exact) mass is 384 g/mol. The maximum absolute atomic E-state index is 10.2. The minimum atomic E-state index is 0.0206. The van der Waals surface area contributed by atoms with E-state index in [0.717, 1.165) is 19.4 Å². The molecular weight excluding hydrogens is 348 g/mol. The number of fused-ring (bicyclic) bond motifs is 5. The van der Waals surface area contributed by atoms with Gasteiger partial charge in [-0.3, -0.25) is 0 Å². The molecular formula is C25H36O3. The van der Waals surface area contributed by atoms with Crippen LogP contribution in [0.2, 0.25) is 0 Å². The third-order valence-electron chi connectivity index (χ3n) is 8.66. The Morgan fingerprint density at radius 2 is 2.04 bits per heavy atom. The molecule has 3 aliphatic carbocycles. The maximum atomic E-state index is 10.2. The van der Waals surface area contributed by atoms with Gasteiger partial charge in [-0.1, -0.05) is 30.7 Å². The van der Waals surface area contributed by atoms with Crippen LogP contribution in [-0.4, -0.2) is 30.7 Å². The van der Waals surface area contributed by atoms with Crippen LogP contribution in [0, 0.1) is 24.2 Å². The van der Waals surface area contributed by atoms with Crippen molar-refractivity contribution in [1.82, 2.24) is 0 Å². The predicted molar refractivity (Wildman–Crippen MR) is 110 cm³/mol. The first-order chi connectivity index (χ1) is 13.6. The summed E-state index contributed by atoms with van der Waals surface area (Å²) in [5.74, 6) is 2.37. The Bertz CT molecular complexity index is 710. The number of rotatable bonds is 3. The van der Waals surface area contributed by atoms with Crippen molar-refractivity contribution < 1.29 is 14.6 Å². The van der Waals surface area contributed by atoms with E-state index in [1.807, 2.05) is 0 Å². The summed E-state index contributed by atoms with van der Waals surface area (Å²) in [6, 6.07) is 6.97. The number of hydrogen-bond acceptors (Lipinski definition) is 3. The number of ether oxygens (including phenoxy) is 2. The molecule has 1 aromatic rings. The fourth-order valence-corrected chi connectivity index (χ4v) is 7.19. The lowest BCUT2D eigenvalue weighted by atomic mass is 9.54. The summed E-state index contributed by atoms with van der Waals surface area (Å²) in [5, 5.41) is 10.2. The standard InChI is InChI=1S/C25H36O3/c1-16-6-7-18-19-10-11-25(2)22(21(19)14-17(15-26)20(18)13-16)8-9-23(25)28-24-5-3-4-12-27-24/h6-7,13,17,19,21-24,26H,3-5,8-12,14-15H2,1-2H3/t17-,19?,21?,22?,23-,24?,25-/m0/s1. The Morgan fingerprint density at radius 3 is 2.82 bits per heavy atom. The first kappa shape index (κ1) is 19.1. The van der Waals surface area contributed by atoms with Crippen LogP contribution in [0.5, 0.6) is 0 Å². The molecule has 1 aliphatic heterocycles. The molecule has 3 fully saturated rings. The highest BCUT2D eigenvalue weighted by Gasteiger charge is 2.56. The largest absolute Gasteiger partial charge is 0.396 e. The SMILES string of the molecule is Cc1ccc2c(c1)[C@H](CO)CC1C2CC[C@@]2(C)C1CC[C@@H]2OC1CCCCO1. The quantitative estimate of drug-likeness (QED) is 0.769. The highest BCUT2D eigenvalue weighted by molar-refractivity contribution is 5.40. The van der Waals surface area contributed by atoms with Crippen molar-refractivity contribution in [2.45, 2.75) is 89.4 Å². The molecule has 3 heteroatoms. The summed E-state index contributed by atoms with van der Waals surface area (Å²) >= 11 is 0. The van der Waals surface area contributed by atoms with Gasteiger partial charge in [0.2, 0.25) is 0 Å². The van der Waals surface area contributed by atoms with Crippen molar-refractivity contribution in [3.63, 3.8) is 0 Å². The van der Waals surface area contributed by atoms with Crippen molar-refractivity contribution in [1.29, 1.82) is 0 Å². The van der Waals surface area contributed by atoms with E-state index in [4.69, 9.17) is 9.47 Å². The Labute approximate surface area is 169 Å². The van der Waals surface area contributed by atoms with Gasteiger partial charge in [-0.2, -0.15) is 0 Å². The second-order valence-corrected chi connectivity index (χ2v) is 10.2. The average molecular weight is 385 g/mol. The minimum Gasteiger partial charge on any atom is -0.396 e. The molecule has 1 N–H and O–H groups in total. The van der Waals surface area contributed by atoms with Gasteiger partial charge in [0.15, 0.2) is 6.29 Å². The summed E-state index contributed by atoms with van der Waals surface area (Å²) in [6.07, 6.45) is 9.94. The maximum Gasteiger partial charge on any atom is 0.157 e. The fraction of sp³-hybridized carbons (Fsp3) is 0.760. The summed E-state index contributed by atoms with van der Waals surface area (Å²) in [7, 11) is 0. The molecule has 0 bridgehead atoms. The normalized spacial score (nSPS) is 42.5. The molecule has 0 amide bonds. The zero-order valence-corrected chi connectivity index (χ0v) is 17.5. The highest BCUT2D eigenvalue weighted by Crippen LogP contribution is 2.63. The smallest absolute Gasteiger partial charge is 0.157 e. The molecule has 1 saturated heterocycles. The molecule has 0 spiro atoms. The summed E-state index contributed by atoms with van der Waals surface area (Å²) in [6.45, 7) is 5.80. The third-order valence-corrected chi connectivity index (χ3v) is 8.66. The lowest BCUT2D eigenvalue weighted by molar-refractivity contribution is -0.213. The summed E-state index contributed by atoms with van der Waals surface area (Å²) in [4.78, 5) is 0. The van der Waals surface area contributed by atoms with E-state index in [1.165, 1.54) is 55.2 Å². The zero-order valence-electron chi connectivity index (χ0n) is 17.5. The van der Waals surface area contributed by atoms with Gasteiger partial charge >= 0.3 is 0 Å². The third kappa shape index (κ3) is 3.05. The van der Waals surface area contributed by atoms with Crippen LogP contribution in [-0.2, 0) is 9.47 Å². The second kappa shape index (κ2) is 7.41. The van der Waals surface area contributed by atoms with Gasteiger partial charge in [0.1, 0.15) is 0 Å². The summed E-state index contributed by atoms with van der Waals surface area (Å²) < 4.78 is 12.5. The van der Waals surface area contributed by atoms with Crippen LogP contribution in [0.4, 0.5) is 0 Å². The van der Waals surface area contributed by atoms with Crippen molar-refractivity contribution in [2.75, 3.05) is 13.2 Å². The minimum absolute atomic E-state index is 0.0206. The molecule has 28 heavy (non-hydrogen) atoms. The summed E-state index contributed by atoms with van der Waals surface area (Å²) in [5.41, 5.74) is 4.54. The fourth-order valence-electron chi connectivity index (χ4n) is 7.19. The van der Waals surface area contributed by atoms with E-state index < -0.39 is 0 Å².